The molecule has 0 aromatic heterocycles. The largest absolute Gasteiger partial charge is 0.546 e. The second-order valence-corrected chi connectivity index (χ2v) is 6.45. The summed E-state index contributed by atoms with van der Waals surface area (Å²) in [5.74, 6) is -2.59. The van der Waals surface area contributed by atoms with E-state index < -0.39 is 29.9 Å². The highest BCUT2D eigenvalue weighted by atomic mass is 16.5. The molecule has 1 atom stereocenters. The van der Waals surface area contributed by atoms with Gasteiger partial charge in [0.2, 0.25) is 0 Å². The van der Waals surface area contributed by atoms with E-state index in [2.05, 4.69) is 5.32 Å². The number of carboxylic acids is 1. The van der Waals surface area contributed by atoms with Gasteiger partial charge < -0.3 is 14.6 Å². The predicted octanol–water partition coefficient (Wildman–Crippen LogP) is 1.18. The molecule has 2 aromatic rings. The standard InChI is InChI=1S/C21H18N2O6/c1-12-4-3-5-15(10-12)23-19(25)17(18(24)22-21(23)28)11-14-6-8-16(9-7-14)29-13(2)20(26)27/h3-11,13H,1-2H3,(H,26,27)(H,22,24,28)/p-1/b17-11+/t13-/m0/s1. The van der Waals surface area contributed by atoms with Crippen molar-refractivity contribution in [1.82, 2.24) is 5.32 Å². The molecule has 29 heavy (non-hydrogen) atoms. The van der Waals surface area contributed by atoms with Crippen LogP contribution in [0.25, 0.3) is 6.08 Å². The number of barbiturate groups is 1. The molecule has 1 aliphatic rings. The van der Waals surface area contributed by atoms with E-state index in [0.717, 1.165) is 10.5 Å². The molecule has 1 aliphatic heterocycles. The highest BCUT2D eigenvalue weighted by Crippen LogP contribution is 2.23. The molecular weight excluding hydrogens is 376 g/mol. The first-order valence-electron chi connectivity index (χ1n) is 8.72. The number of benzene rings is 2. The number of amides is 4. The maximum Gasteiger partial charge on any atom is 0.335 e. The summed E-state index contributed by atoms with van der Waals surface area (Å²) in [6.07, 6.45) is 0.220. The minimum Gasteiger partial charge on any atom is -0.546 e. The SMILES string of the molecule is Cc1cccc(N2C(=O)NC(=O)/C(=C\c3ccc(O[C@@H](C)C(=O)[O-])cc3)C2=O)c1. The van der Waals surface area contributed by atoms with Crippen molar-refractivity contribution in [3.63, 3.8) is 0 Å². The molecular formula is C21H17N2O6-. The van der Waals surface area contributed by atoms with E-state index in [-0.39, 0.29) is 5.57 Å². The highest BCUT2D eigenvalue weighted by molar-refractivity contribution is 6.39. The van der Waals surface area contributed by atoms with Crippen molar-refractivity contribution in [1.29, 1.82) is 0 Å². The summed E-state index contributed by atoms with van der Waals surface area (Å²) in [4.78, 5) is 48.9. The second-order valence-electron chi connectivity index (χ2n) is 6.45. The molecule has 1 heterocycles. The first-order chi connectivity index (χ1) is 13.8. The number of hydrogen-bond donors (Lipinski definition) is 1. The van der Waals surface area contributed by atoms with E-state index >= 15 is 0 Å². The summed E-state index contributed by atoms with van der Waals surface area (Å²) >= 11 is 0. The number of nitrogens with one attached hydrogen (secondary N) is 1. The van der Waals surface area contributed by atoms with Crippen molar-refractivity contribution >= 4 is 35.6 Å². The Morgan fingerprint density at radius 3 is 2.45 bits per heavy atom. The quantitative estimate of drug-likeness (QED) is 0.602. The van der Waals surface area contributed by atoms with Crippen LogP contribution in [0.5, 0.6) is 5.75 Å². The molecule has 8 nitrogen and oxygen atoms in total. The molecule has 1 saturated heterocycles. The highest BCUT2D eigenvalue weighted by Gasteiger charge is 2.36. The number of aryl methyl sites for hydroxylation is 1. The number of carboxylic acid groups (broad SMARTS) is 1. The van der Waals surface area contributed by atoms with Crippen molar-refractivity contribution in [3.05, 3.63) is 65.2 Å². The second kappa shape index (κ2) is 7.97. The van der Waals surface area contributed by atoms with Crippen LogP contribution >= 0.6 is 0 Å². The summed E-state index contributed by atoms with van der Waals surface area (Å²) in [6.45, 7) is 3.16. The third-order valence-corrected chi connectivity index (χ3v) is 4.20. The van der Waals surface area contributed by atoms with Gasteiger partial charge in [-0.1, -0.05) is 24.3 Å². The Kier molecular flexibility index (Phi) is 5.45. The van der Waals surface area contributed by atoms with Gasteiger partial charge >= 0.3 is 6.03 Å². The van der Waals surface area contributed by atoms with Gasteiger partial charge in [-0.15, -0.1) is 0 Å². The molecule has 0 bridgehead atoms. The zero-order chi connectivity index (χ0) is 21.1. The van der Waals surface area contributed by atoms with Crippen LogP contribution in [0, 0.1) is 6.92 Å². The summed E-state index contributed by atoms with van der Waals surface area (Å²) in [5, 5.41) is 12.9. The van der Waals surface area contributed by atoms with Crippen LogP contribution in [-0.2, 0) is 14.4 Å². The average molecular weight is 393 g/mol. The number of imide groups is 2. The lowest BCUT2D eigenvalue weighted by molar-refractivity contribution is -0.312. The minimum atomic E-state index is -1.35. The number of carbonyl (C=O) groups excluding carboxylic acids is 4. The van der Waals surface area contributed by atoms with Crippen LogP contribution in [0.15, 0.2) is 54.1 Å². The molecule has 148 valence electrons. The molecule has 1 N–H and O–H groups in total. The van der Waals surface area contributed by atoms with E-state index in [9.17, 15) is 24.3 Å². The molecule has 3 rings (SSSR count). The number of aliphatic carboxylic acids is 1. The molecule has 0 spiro atoms. The van der Waals surface area contributed by atoms with Crippen LogP contribution in [0.3, 0.4) is 0 Å². The van der Waals surface area contributed by atoms with E-state index in [1.54, 1.807) is 30.3 Å². The zero-order valence-corrected chi connectivity index (χ0v) is 15.7. The molecule has 2 aromatic carbocycles. The number of hydrogen-bond acceptors (Lipinski definition) is 6. The Balaban J connectivity index is 1.87. The Labute approximate surface area is 166 Å². The normalized spacial score (nSPS) is 16.6. The van der Waals surface area contributed by atoms with Crippen molar-refractivity contribution < 1.29 is 29.0 Å². The van der Waals surface area contributed by atoms with Gasteiger partial charge in [0.05, 0.1) is 11.7 Å². The van der Waals surface area contributed by atoms with Gasteiger partial charge in [0.15, 0.2) is 0 Å². The zero-order valence-electron chi connectivity index (χ0n) is 15.7. The number of carbonyl (C=O) groups is 4. The maximum absolute atomic E-state index is 12.8. The van der Waals surface area contributed by atoms with Gasteiger partial charge in [-0.25, -0.2) is 9.69 Å². The average Bonchev–Trinajstić information content (AvgIpc) is 2.66. The van der Waals surface area contributed by atoms with E-state index in [1.165, 1.54) is 25.1 Å². The first kappa shape index (κ1) is 19.8. The summed E-state index contributed by atoms with van der Waals surface area (Å²) in [7, 11) is 0. The Morgan fingerprint density at radius 2 is 1.83 bits per heavy atom. The number of nitrogens with zero attached hydrogens (tertiary/aromatic N) is 1. The Hall–Kier alpha value is -3.94. The molecule has 1 fully saturated rings. The monoisotopic (exact) mass is 393 g/mol. The number of ether oxygens (including phenoxy) is 1. The fraction of sp³-hybridized carbons (Fsp3) is 0.143. The summed E-state index contributed by atoms with van der Waals surface area (Å²) in [5.41, 5.74) is 1.50. The van der Waals surface area contributed by atoms with Gasteiger partial charge in [-0.05, 0) is 55.3 Å². The van der Waals surface area contributed by atoms with Gasteiger partial charge in [-0.2, -0.15) is 0 Å². The van der Waals surface area contributed by atoms with Crippen LogP contribution in [-0.4, -0.2) is 29.9 Å². The van der Waals surface area contributed by atoms with E-state index in [0.29, 0.717) is 17.0 Å². The van der Waals surface area contributed by atoms with Crippen molar-refractivity contribution in [2.24, 2.45) is 0 Å². The first-order valence-corrected chi connectivity index (χ1v) is 8.72. The smallest absolute Gasteiger partial charge is 0.335 e. The lowest BCUT2D eigenvalue weighted by Gasteiger charge is -2.26. The van der Waals surface area contributed by atoms with Gasteiger partial charge in [0.25, 0.3) is 11.8 Å². The van der Waals surface area contributed by atoms with Crippen molar-refractivity contribution in [2.75, 3.05) is 4.90 Å². The summed E-state index contributed by atoms with van der Waals surface area (Å²) in [6, 6.07) is 12.1. The van der Waals surface area contributed by atoms with Crippen molar-refractivity contribution in [3.8, 4) is 5.75 Å². The fourth-order valence-electron chi connectivity index (χ4n) is 2.72. The van der Waals surface area contributed by atoms with Crippen LogP contribution in [0.2, 0.25) is 0 Å². The molecule has 0 saturated carbocycles. The van der Waals surface area contributed by atoms with Gasteiger partial charge in [-0.3, -0.25) is 14.9 Å². The molecule has 0 unspecified atom stereocenters. The number of anilines is 1. The fourth-order valence-corrected chi connectivity index (χ4v) is 2.72. The van der Waals surface area contributed by atoms with Crippen LogP contribution in [0.4, 0.5) is 10.5 Å². The molecule has 4 amide bonds. The number of urea groups is 1. The topological polar surface area (TPSA) is 116 Å². The van der Waals surface area contributed by atoms with E-state index in [1.807, 2.05) is 13.0 Å². The molecule has 0 radical (unpaired) electrons. The van der Waals surface area contributed by atoms with Crippen LogP contribution in [0.1, 0.15) is 18.1 Å². The Bertz CT molecular complexity index is 1030. The minimum absolute atomic E-state index is 0.206. The number of rotatable bonds is 5. The third-order valence-electron chi connectivity index (χ3n) is 4.20. The lowest BCUT2D eigenvalue weighted by atomic mass is 10.1. The molecule has 0 aliphatic carbocycles. The van der Waals surface area contributed by atoms with Gasteiger partial charge in [0, 0.05) is 0 Å². The Morgan fingerprint density at radius 1 is 1.14 bits per heavy atom. The third kappa shape index (κ3) is 4.32. The predicted molar refractivity (Wildman–Crippen MR) is 102 cm³/mol. The van der Waals surface area contributed by atoms with Crippen molar-refractivity contribution in [2.45, 2.75) is 20.0 Å². The molecule has 8 heteroatoms. The lowest BCUT2D eigenvalue weighted by Crippen LogP contribution is -2.54. The van der Waals surface area contributed by atoms with Crippen LogP contribution < -0.4 is 20.1 Å². The van der Waals surface area contributed by atoms with E-state index in [4.69, 9.17) is 4.74 Å². The summed E-state index contributed by atoms with van der Waals surface area (Å²) < 4.78 is 5.18. The maximum atomic E-state index is 12.8. The van der Waals surface area contributed by atoms with Gasteiger partial charge in [0.1, 0.15) is 17.4 Å².